The van der Waals surface area contributed by atoms with Gasteiger partial charge in [0.05, 0.1) is 17.2 Å². The summed E-state index contributed by atoms with van der Waals surface area (Å²) >= 11 is 6.01. The Morgan fingerprint density at radius 1 is 1.47 bits per heavy atom. The maximum Gasteiger partial charge on any atom is 0.305 e. The highest BCUT2D eigenvalue weighted by molar-refractivity contribution is 6.33. The molecule has 0 unspecified atom stereocenters. The summed E-state index contributed by atoms with van der Waals surface area (Å²) in [5.74, 6) is 0.192. The molecule has 5 heteroatoms. The van der Waals surface area contributed by atoms with Gasteiger partial charge in [-0.15, -0.1) is 0 Å². The van der Waals surface area contributed by atoms with Gasteiger partial charge in [0.1, 0.15) is 12.0 Å². The molecule has 0 radical (unpaired) electrons. The van der Waals surface area contributed by atoms with Crippen LogP contribution in [0.2, 0.25) is 5.02 Å². The quantitative estimate of drug-likeness (QED) is 0.836. The van der Waals surface area contributed by atoms with Gasteiger partial charge in [-0.25, -0.2) is 9.37 Å². The van der Waals surface area contributed by atoms with Crippen LogP contribution >= 0.6 is 11.6 Å². The molecular formula is C12H11ClFNO2. The van der Waals surface area contributed by atoms with E-state index in [1.807, 2.05) is 6.92 Å². The maximum atomic E-state index is 13.4. The van der Waals surface area contributed by atoms with Crippen LogP contribution in [0.1, 0.15) is 12.5 Å². The first kappa shape index (κ1) is 11.9. The molecule has 90 valence electrons. The molecule has 0 saturated carbocycles. The third kappa shape index (κ3) is 2.42. The molecule has 0 aliphatic heterocycles. The average molecular weight is 256 g/mol. The fourth-order valence-corrected chi connectivity index (χ4v) is 1.70. The Morgan fingerprint density at radius 2 is 2.24 bits per heavy atom. The SMILES string of the molecule is CCOc1cnc(-c2cc(F)c(C)cc2Cl)o1. The van der Waals surface area contributed by atoms with Gasteiger partial charge in [0.25, 0.3) is 0 Å². The Labute approximate surface area is 103 Å². The van der Waals surface area contributed by atoms with Gasteiger partial charge in [0, 0.05) is 0 Å². The zero-order valence-electron chi connectivity index (χ0n) is 9.46. The lowest BCUT2D eigenvalue weighted by Gasteiger charge is -2.02. The molecule has 0 N–H and O–H groups in total. The number of aryl methyl sites for hydroxylation is 1. The highest BCUT2D eigenvalue weighted by atomic mass is 35.5. The summed E-state index contributed by atoms with van der Waals surface area (Å²) in [5, 5.41) is 0.397. The highest BCUT2D eigenvalue weighted by Crippen LogP contribution is 2.31. The minimum atomic E-state index is -0.347. The van der Waals surface area contributed by atoms with Gasteiger partial charge in [-0.3, -0.25) is 0 Å². The van der Waals surface area contributed by atoms with E-state index in [0.29, 0.717) is 28.7 Å². The van der Waals surface area contributed by atoms with Crippen LogP contribution < -0.4 is 4.74 Å². The van der Waals surface area contributed by atoms with E-state index in [0.717, 1.165) is 0 Å². The molecule has 0 fully saturated rings. The number of halogens is 2. The summed E-state index contributed by atoms with van der Waals surface area (Å²) in [4.78, 5) is 3.99. The van der Waals surface area contributed by atoms with Crippen molar-refractivity contribution in [3.8, 4) is 17.4 Å². The molecule has 3 nitrogen and oxygen atoms in total. The summed E-state index contributed by atoms with van der Waals surface area (Å²) in [6.07, 6.45) is 1.44. The number of benzene rings is 1. The zero-order chi connectivity index (χ0) is 12.4. The second kappa shape index (κ2) is 4.75. The number of hydrogen-bond donors (Lipinski definition) is 0. The van der Waals surface area contributed by atoms with Crippen LogP contribution in [0.25, 0.3) is 11.5 Å². The Morgan fingerprint density at radius 3 is 2.94 bits per heavy atom. The predicted molar refractivity (Wildman–Crippen MR) is 62.8 cm³/mol. The predicted octanol–water partition coefficient (Wildman–Crippen LogP) is 3.84. The molecule has 0 aliphatic carbocycles. The summed E-state index contributed by atoms with van der Waals surface area (Å²) < 4.78 is 23.9. The lowest BCUT2D eigenvalue weighted by molar-refractivity contribution is 0.260. The molecule has 0 amide bonds. The van der Waals surface area contributed by atoms with Gasteiger partial charge in [-0.1, -0.05) is 11.6 Å². The molecule has 17 heavy (non-hydrogen) atoms. The third-order valence-corrected chi connectivity index (χ3v) is 2.56. The van der Waals surface area contributed by atoms with Crippen molar-refractivity contribution in [2.24, 2.45) is 0 Å². The standard InChI is InChI=1S/C12H11ClFNO2/c1-3-16-11-6-15-12(17-11)8-5-10(14)7(2)4-9(8)13/h4-6H,3H2,1-2H3. The van der Waals surface area contributed by atoms with Gasteiger partial charge < -0.3 is 9.15 Å². The minimum absolute atomic E-state index is 0.248. The van der Waals surface area contributed by atoms with Crippen LogP contribution in [0.3, 0.4) is 0 Å². The van der Waals surface area contributed by atoms with Gasteiger partial charge in [-0.05, 0) is 31.5 Å². The molecule has 1 heterocycles. The lowest BCUT2D eigenvalue weighted by Crippen LogP contribution is -1.88. The smallest absolute Gasteiger partial charge is 0.305 e. The number of ether oxygens (including phenoxy) is 1. The molecule has 1 aromatic carbocycles. The molecule has 0 atom stereocenters. The van der Waals surface area contributed by atoms with Crippen LogP contribution in [-0.2, 0) is 0 Å². The summed E-state index contributed by atoms with van der Waals surface area (Å²) in [6, 6.07) is 2.84. The van der Waals surface area contributed by atoms with Crippen molar-refractivity contribution in [2.45, 2.75) is 13.8 Å². The molecular weight excluding hydrogens is 245 g/mol. The first-order valence-corrected chi connectivity index (χ1v) is 5.54. The van der Waals surface area contributed by atoms with E-state index < -0.39 is 0 Å². The normalized spacial score (nSPS) is 10.6. The van der Waals surface area contributed by atoms with E-state index in [9.17, 15) is 4.39 Å². The third-order valence-electron chi connectivity index (χ3n) is 2.25. The van der Waals surface area contributed by atoms with Gasteiger partial charge in [0.15, 0.2) is 0 Å². The van der Waals surface area contributed by atoms with Crippen molar-refractivity contribution in [3.05, 3.63) is 34.7 Å². The van der Waals surface area contributed by atoms with Crippen LogP contribution in [0, 0.1) is 12.7 Å². The van der Waals surface area contributed by atoms with Crippen molar-refractivity contribution < 1.29 is 13.5 Å². The van der Waals surface area contributed by atoms with Gasteiger partial charge in [0.2, 0.25) is 5.89 Å². The van der Waals surface area contributed by atoms with Gasteiger partial charge >= 0.3 is 5.95 Å². The number of hydrogen-bond acceptors (Lipinski definition) is 3. The van der Waals surface area contributed by atoms with E-state index >= 15 is 0 Å². The Bertz CT molecular complexity index is 539. The number of aromatic nitrogens is 1. The van der Waals surface area contributed by atoms with Crippen molar-refractivity contribution in [3.63, 3.8) is 0 Å². The second-order valence-electron chi connectivity index (χ2n) is 3.50. The van der Waals surface area contributed by atoms with Crippen LogP contribution in [0.4, 0.5) is 4.39 Å². The summed E-state index contributed by atoms with van der Waals surface area (Å²) in [6.45, 7) is 3.96. The number of oxazole rings is 1. The van der Waals surface area contributed by atoms with Crippen LogP contribution in [-0.4, -0.2) is 11.6 Å². The van der Waals surface area contributed by atoms with Crippen molar-refractivity contribution in [1.82, 2.24) is 4.98 Å². The largest absolute Gasteiger partial charge is 0.464 e. The number of nitrogens with zero attached hydrogens (tertiary/aromatic N) is 1. The molecule has 2 rings (SSSR count). The van der Waals surface area contributed by atoms with Crippen LogP contribution in [0.15, 0.2) is 22.7 Å². The number of rotatable bonds is 3. The molecule has 1 aromatic heterocycles. The lowest BCUT2D eigenvalue weighted by atomic mass is 10.1. The maximum absolute atomic E-state index is 13.4. The van der Waals surface area contributed by atoms with Crippen molar-refractivity contribution in [1.29, 1.82) is 0 Å². The first-order valence-electron chi connectivity index (χ1n) is 5.16. The highest BCUT2D eigenvalue weighted by Gasteiger charge is 2.13. The van der Waals surface area contributed by atoms with Crippen molar-refractivity contribution in [2.75, 3.05) is 6.61 Å². The van der Waals surface area contributed by atoms with E-state index in [2.05, 4.69) is 4.98 Å². The van der Waals surface area contributed by atoms with E-state index in [4.69, 9.17) is 20.8 Å². The Hall–Kier alpha value is -1.55. The fourth-order valence-electron chi connectivity index (χ4n) is 1.40. The Balaban J connectivity index is 2.41. The molecule has 0 spiro atoms. The van der Waals surface area contributed by atoms with Crippen molar-refractivity contribution >= 4 is 11.6 Å². The molecule has 2 aromatic rings. The topological polar surface area (TPSA) is 35.3 Å². The average Bonchev–Trinajstić information content (AvgIpc) is 2.72. The Kier molecular flexibility index (Phi) is 3.33. The van der Waals surface area contributed by atoms with Crippen LogP contribution in [0.5, 0.6) is 5.95 Å². The second-order valence-corrected chi connectivity index (χ2v) is 3.91. The van der Waals surface area contributed by atoms with E-state index in [1.165, 1.54) is 18.3 Å². The molecule has 0 saturated heterocycles. The fraction of sp³-hybridized carbons (Fsp3) is 0.250. The first-order chi connectivity index (χ1) is 8.11. The monoisotopic (exact) mass is 255 g/mol. The minimum Gasteiger partial charge on any atom is -0.464 e. The summed E-state index contributed by atoms with van der Waals surface area (Å²) in [5.41, 5.74) is 0.899. The van der Waals surface area contributed by atoms with Gasteiger partial charge in [-0.2, -0.15) is 0 Å². The molecule has 0 bridgehead atoms. The zero-order valence-corrected chi connectivity index (χ0v) is 10.2. The summed E-state index contributed by atoms with van der Waals surface area (Å²) in [7, 11) is 0. The van der Waals surface area contributed by atoms with E-state index in [1.54, 1.807) is 6.92 Å². The van der Waals surface area contributed by atoms with E-state index in [-0.39, 0.29) is 11.7 Å². The molecule has 0 aliphatic rings.